The summed E-state index contributed by atoms with van der Waals surface area (Å²) in [7, 11) is 0. The Labute approximate surface area is 158 Å². The van der Waals surface area contributed by atoms with E-state index in [0.29, 0.717) is 18.5 Å². The molecule has 0 bridgehead atoms. The van der Waals surface area contributed by atoms with E-state index in [1.54, 1.807) is 0 Å². The number of ether oxygens (including phenoxy) is 1. The smallest absolute Gasteiger partial charge is 0.233 e. The molecule has 0 unspecified atom stereocenters. The van der Waals surface area contributed by atoms with Crippen molar-refractivity contribution in [3.63, 3.8) is 0 Å². The van der Waals surface area contributed by atoms with Crippen LogP contribution in [-0.2, 0) is 13.0 Å². The van der Waals surface area contributed by atoms with Crippen LogP contribution in [0.15, 0.2) is 48.5 Å². The Morgan fingerprint density at radius 1 is 1.07 bits per heavy atom. The fourth-order valence-electron chi connectivity index (χ4n) is 3.19. The largest absolute Gasteiger partial charge is 0.494 e. The number of nitrogens with zero attached hydrogens (tertiary/aromatic N) is 4. The van der Waals surface area contributed by atoms with Crippen molar-refractivity contribution in [2.75, 3.05) is 29.1 Å². The van der Waals surface area contributed by atoms with Crippen molar-refractivity contribution in [2.24, 2.45) is 0 Å². The van der Waals surface area contributed by atoms with Crippen LogP contribution < -0.4 is 20.7 Å². The van der Waals surface area contributed by atoms with Crippen LogP contribution >= 0.6 is 0 Å². The highest BCUT2D eigenvalue weighted by Gasteiger charge is 2.20. The summed E-state index contributed by atoms with van der Waals surface area (Å²) < 4.78 is 5.60. The van der Waals surface area contributed by atoms with Crippen molar-refractivity contribution in [1.82, 2.24) is 15.0 Å². The van der Waals surface area contributed by atoms with Gasteiger partial charge in [-0.25, -0.2) is 0 Å². The number of rotatable bonds is 5. The molecule has 0 spiro atoms. The maximum atomic E-state index is 5.92. The number of nitrogens with two attached hydrogens (primary N) is 1. The minimum Gasteiger partial charge on any atom is -0.494 e. The lowest BCUT2D eigenvalue weighted by atomic mass is 10.00. The molecular formula is C20H22N6O. The minimum absolute atomic E-state index is 0.205. The van der Waals surface area contributed by atoms with Gasteiger partial charge in [-0.2, -0.15) is 15.0 Å². The predicted octanol–water partition coefficient (Wildman–Crippen LogP) is 3.16. The van der Waals surface area contributed by atoms with Crippen molar-refractivity contribution < 1.29 is 4.74 Å². The SMILES string of the molecule is CCOc1ccc2c(c1)CCN(c1nc(N)nc(Nc3ccccc3)n1)C2. The first-order valence-electron chi connectivity index (χ1n) is 9.04. The van der Waals surface area contributed by atoms with Crippen molar-refractivity contribution in [3.05, 3.63) is 59.7 Å². The molecule has 27 heavy (non-hydrogen) atoms. The summed E-state index contributed by atoms with van der Waals surface area (Å²) in [5, 5.41) is 3.18. The normalized spacial score (nSPS) is 13.1. The van der Waals surface area contributed by atoms with Gasteiger partial charge in [-0.3, -0.25) is 0 Å². The van der Waals surface area contributed by atoms with Crippen LogP contribution in [0.3, 0.4) is 0 Å². The second-order valence-corrected chi connectivity index (χ2v) is 6.34. The van der Waals surface area contributed by atoms with Crippen molar-refractivity contribution in [3.8, 4) is 5.75 Å². The average molecular weight is 362 g/mol. The van der Waals surface area contributed by atoms with E-state index < -0.39 is 0 Å². The average Bonchev–Trinajstić information content (AvgIpc) is 2.68. The first kappa shape index (κ1) is 17.1. The molecule has 4 rings (SSSR count). The van der Waals surface area contributed by atoms with Crippen LogP contribution in [0.1, 0.15) is 18.1 Å². The van der Waals surface area contributed by atoms with Gasteiger partial charge in [0.1, 0.15) is 5.75 Å². The summed E-state index contributed by atoms with van der Waals surface area (Å²) in [5.74, 6) is 2.15. The van der Waals surface area contributed by atoms with Crippen LogP contribution in [0.2, 0.25) is 0 Å². The number of benzene rings is 2. The zero-order valence-corrected chi connectivity index (χ0v) is 15.2. The number of fused-ring (bicyclic) bond motifs is 1. The van der Waals surface area contributed by atoms with E-state index in [1.165, 1.54) is 11.1 Å². The second-order valence-electron chi connectivity index (χ2n) is 6.34. The summed E-state index contributed by atoms with van der Waals surface area (Å²) in [4.78, 5) is 15.2. The molecule has 2 aromatic carbocycles. The highest BCUT2D eigenvalue weighted by Crippen LogP contribution is 2.26. The lowest BCUT2D eigenvalue weighted by molar-refractivity contribution is 0.339. The summed E-state index contributed by atoms with van der Waals surface area (Å²) in [6, 6.07) is 16.0. The highest BCUT2D eigenvalue weighted by molar-refractivity contribution is 5.55. The molecule has 0 fully saturated rings. The lowest BCUT2D eigenvalue weighted by Gasteiger charge is -2.29. The predicted molar refractivity (Wildman–Crippen MR) is 106 cm³/mol. The molecule has 3 N–H and O–H groups in total. The Kier molecular flexibility index (Phi) is 4.74. The Morgan fingerprint density at radius 3 is 2.74 bits per heavy atom. The number of hydrogen-bond acceptors (Lipinski definition) is 7. The van der Waals surface area contributed by atoms with Crippen LogP contribution in [0.4, 0.5) is 23.5 Å². The summed E-state index contributed by atoms with van der Waals surface area (Å²) >= 11 is 0. The minimum atomic E-state index is 0.205. The van der Waals surface area contributed by atoms with Gasteiger partial charge in [0.15, 0.2) is 0 Å². The number of aromatic nitrogens is 3. The van der Waals surface area contributed by atoms with Crippen molar-refractivity contribution in [2.45, 2.75) is 19.9 Å². The maximum absolute atomic E-state index is 5.92. The highest BCUT2D eigenvalue weighted by atomic mass is 16.5. The number of para-hydroxylation sites is 1. The zero-order valence-electron chi connectivity index (χ0n) is 15.2. The van der Waals surface area contributed by atoms with Gasteiger partial charge in [0.25, 0.3) is 0 Å². The molecule has 2 heterocycles. The Hall–Kier alpha value is -3.35. The molecule has 1 aliphatic rings. The van der Waals surface area contributed by atoms with E-state index in [4.69, 9.17) is 10.5 Å². The summed E-state index contributed by atoms with van der Waals surface area (Å²) in [5.41, 5.74) is 9.38. The standard InChI is InChI=1S/C20H22N6O/c1-2-27-17-9-8-15-13-26(11-10-14(15)12-17)20-24-18(21)23-19(25-20)22-16-6-4-3-5-7-16/h3-9,12H,2,10-11,13H2,1H3,(H3,21,22,23,24,25). The second kappa shape index (κ2) is 7.49. The van der Waals surface area contributed by atoms with E-state index in [9.17, 15) is 0 Å². The van der Waals surface area contributed by atoms with E-state index >= 15 is 0 Å². The first-order chi connectivity index (χ1) is 13.2. The fourth-order valence-corrected chi connectivity index (χ4v) is 3.19. The Bertz CT molecular complexity index is 931. The molecule has 138 valence electrons. The molecular weight excluding hydrogens is 340 g/mol. The Balaban J connectivity index is 1.55. The van der Waals surface area contributed by atoms with Crippen LogP contribution in [0, 0.1) is 0 Å². The maximum Gasteiger partial charge on any atom is 0.233 e. The molecule has 0 radical (unpaired) electrons. The van der Waals surface area contributed by atoms with E-state index in [0.717, 1.165) is 30.9 Å². The number of nitrogen functional groups attached to an aromatic ring is 1. The van der Waals surface area contributed by atoms with Crippen LogP contribution in [0.25, 0.3) is 0 Å². The quantitative estimate of drug-likeness (QED) is 0.720. The van der Waals surface area contributed by atoms with Crippen LogP contribution in [-0.4, -0.2) is 28.1 Å². The van der Waals surface area contributed by atoms with Gasteiger partial charge in [-0.05, 0) is 48.7 Å². The molecule has 3 aromatic rings. The molecule has 1 aliphatic heterocycles. The van der Waals surface area contributed by atoms with Crippen molar-refractivity contribution >= 4 is 23.5 Å². The van der Waals surface area contributed by atoms with Gasteiger partial charge in [-0.15, -0.1) is 0 Å². The third-order valence-electron chi connectivity index (χ3n) is 4.45. The van der Waals surface area contributed by atoms with Gasteiger partial charge in [-0.1, -0.05) is 24.3 Å². The van der Waals surface area contributed by atoms with Crippen LogP contribution in [0.5, 0.6) is 5.75 Å². The molecule has 0 saturated heterocycles. The van der Waals surface area contributed by atoms with Gasteiger partial charge >= 0.3 is 0 Å². The molecule has 0 atom stereocenters. The molecule has 1 aromatic heterocycles. The van der Waals surface area contributed by atoms with Gasteiger partial charge < -0.3 is 20.7 Å². The summed E-state index contributed by atoms with van der Waals surface area (Å²) in [6.07, 6.45) is 0.906. The monoisotopic (exact) mass is 362 g/mol. The van der Waals surface area contributed by atoms with E-state index in [-0.39, 0.29) is 5.95 Å². The molecule has 0 aliphatic carbocycles. The summed E-state index contributed by atoms with van der Waals surface area (Å²) in [6.45, 7) is 4.21. The molecule has 7 heteroatoms. The molecule has 7 nitrogen and oxygen atoms in total. The van der Waals surface area contributed by atoms with Gasteiger partial charge in [0.2, 0.25) is 17.8 Å². The molecule has 0 amide bonds. The fraction of sp³-hybridized carbons (Fsp3) is 0.250. The van der Waals surface area contributed by atoms with Crippen molar-refractivity contribution in [1.29, 1.82) is 0 Å². The third kappa shape index (κ3) is 3.92. The lowest BCUT2D eigenvalue weighted by Crippen LogP contribution is -2.32. The Morgan fingerprint density at radius 2 is 1.93 bits per heavy atom. The zero-order chi connectivity index (χ0) is 18.6. The number of hydrogen-bond donors (Lipinski definition) is 2. The number of anilines is 4. The van der Waals surface area contributed by atoms with E-state index in [2.05, 4.69) is 37.3 Å². The van der Waals surface area contributed by atoms with Gasteiger partial charge in [0, 0.05) is 18.8 Å². The number of nitrogens with one attached hydrogen (secondary N) is 1. The molecule has 0 saturated carbocycles. The van der Waals surface area contributed by atoms with Gasteiger partial charge in [0.05, 0.1) is 6.61 Å². The topological polar surface area (TPSA) is 89.2 Å². The third-order valence-corrected chi connectivity index (χ3v) is 4.45. The first-order valence-corrected chi connectivity index (χ1v) is 9.04. The van der Waals surface area contributed by atoms with E-state index in [1.807, 2.05) is 43.3 Å².